The minimum Gasteiger partial charge on any atom is -0.340 e. The third-order valence-corrected chi connectivity index (χ3v) is 3.21. The Hall–Kier alpha value is -2.58. The lowest BCUT2D eigenvalue weighted by Crippen LogP contribution is -2.41. The molecule has 9 nitrogen and oxygen atoms in total. The summed E-state index contributed by atoms with van der Waals surface area (Å²) in [5.74, 6) is 0.616. The van der Waals surface area contributed by atoms with Crippen molar-refractivity contribution in [1.29, 1.82) is 0 Å². The summed E-state index contributed by atoms with van der Waals surface area (Å²) in [5, 5.41) is 15.8. The molecule has 0 spiro atoms. The first-order chi connectivity index (χ1) is 9.83. The largest absolute Gasteiger partial charge is 0.340 e. The van der Waals surface area contributed by atoms with Gasteiger partial charge in [-0.25, -0.2) is 9.97 Å². The summed E-state index contributed by atoms with van der Waals surface area (Å²) in [6.07, 6.45) is 5.15. The Labute approximate surface area is 114 Å². The number of aromatic amines is 1. The van der Waals surface area contributed by atoms with E-state index in [9.17, 15) is 4.79 Å². The average molecular weight is 274 g/mol. The summed E-state index contributed by atoms with van der Waals surface area (Å²) < 4.78 is 0. The first kappa shape index (κ1) is 12.5. The van der Waals surface area contributed by atoms with Crippen LogP contribution in [0.1, 0.15) is 12.8 Å². The zero-order valence-corrected chi connectivity index (χ0v) is 10.7. The van der Waals surface area contributed by atoms with Gasteiger partial charge in [-0.05, 0) is 24.1 Å². The van der Waals surface area contributed by atoms with Crippen LogP contribution in [0.3, 0.4) is 0 Å². The van der Waals surface area contributed by atoms with E-state index in [1.54, 1.807) is 18.5 Å². The van der Waals surface area contributed by atoms with Gasteiger partial charge >= 0.3 is 0 Å². The second-order valence-electron chi connectivity index (χ2n) is 4.56. The first-order valence-corrected chi connectivity index (χ1v) is 6.39. The molecule has 0 radical (unpaired) electrons. The Bertz CT molecular complexity index is 557. The van der Waals surface area contributed by atoms with E-state index in [0.29, 0.717) is 12.5 Å². The van der Waals surface area contributed by atoms with Crippen molar-refractivity contribution in [3.8, 4) is 0 Å². The highest BCUT2D eigenvalue weighted by atomic mass is 16.2. The topological polar surface area (TPSA) is 113 Å². The van der Waals surface area contributed by atoms with Gasteiger partial charge in [0.2, 0.25) is 11.9 Å². The molecule has 3 rings (SSSR count). The summed E-state index contributed by atoms with van der Waals surface area (Å²) in [4.78, 5) is 22.6. The van der Waals surface area contributed by atoms with Crippen LogP contribution in [0.15, 0.2) is 18.5 Å². The Kier molecular flexibility index (Phi) is 3.48. The minimum atomic E-state index is -0.133. The fraction of sp³-hybridized carbons (Fsp3) is 0.455. The number of tetrazole rings is 1. The molecule has 0 saturated carbocycles. The number of hydrogen-bond acceptors (Lipinski definition) is 7. The van der Waals surface area contributed by atoms with Crippen molar-refractivity contribution in [2.75, 3.05) is 23.3 Å². The number of hydrogen-bond donors (Lipinski definition) is 2. The molecule has 104 valence electrons. The van der Waals surface area contributed by atoms with Gasteiger partial charge in [0, 0.05) is 25.5 Å². The van der Waals surface area contributed by atoms with Crippen LogP contribution >= 0.6 is 0 Å². The highest BCUT2D eigenvalue weighted by molar-refractivity contribution is 5.91. The molecule has 0 aromatic carbocycles. The zero-order valence-electron chi connectivity index (χ0n) is 10.7. The number of carbonyl (C=O) groups is 1. The monoisotopic (exact) mass is 274 g/mol. The maximum atomic E-state index is 12.1. The van der Waals surface area contributed by atoms with Crippen molar-refractivity contribution in [1.82, 2.24) is 30.6 Å². The standard InChI is InChI=1S/C11H14N8O/c20-9(14-10-15-17-18-16-10)8-3-1-6-19(7-8)11-12-4-2-5-13-11/h2,4-5,8H,1,3,6-7H2,(H2,14,15,16,17,18,20). The highest BCUT2D eigenvalue weighted by Gasteiger charge is 2.27. The number of nitrogens with zero attached hydrogens (tertiary/aromatic N) is 6. The first-order valence-electron chi connectivity index (χ1n) is 6.39. The molecule has 0 bridgehead atoms. The van der Waals surface area contributed by atoms with Crippen molar-refractivity contribution in [3.05, 3.63) is 18.5 Å². The lowest BCUT2D eigenvalue weighted by Gasteiger charge is -2.31. The number of carbonyl (C=O) groups excluding carboxylic acids is 1. The summed E-state index contributed by atoms with van der Waals surface area (Å²) in [5.41, 5.74) is 0. The molecular weight excluding hydrogens is 260 g/mol. The van der Waals surface area contributed by atoms with Gasteiger partial charge in [0.15, 0.2) is 0 Å². The van der Waals surface area contributed by atoms with Gasteiger partial charge in [-0.1, -0.05) is 5.10 Å². The molecule has 2 N–H and O–H groups in total. The van der Waals surface area contributed by atoms with Gasteiger partial charge < -0.3 is 4.90 Å². The SMILES string of the molecule is O=C(Nc1nn[nH]n1)C1CCCN(c2ncccn2)C1. The van der Waals surface area contributed by atoms with Crippen LogP contribution in [-0.2, 0) is 4.79 Å². The number of H-pyrrole nitrogens is 1. The van der Waals surface area contributed by atoms with E-state index in [-0.39, 0.29) is 17.8 Å². The number of rotatable bonds is 3. The predicted molar refractivity (Wildman–Crippen MR) is 69.8 cm³/mol. The van der Waals surface area contributed by atoms with Crippen LogP contribution in [0, 0.1) is 5.92 Å². The third kappa shape index (κ3) is 2.71. The van der Waals surface area contributed by atoms with E-state index in [1.807, 2.05) is 4.90 Å². The molecule has 0 aliphatic carbocycles. The molecule has 3 heterocycles. The second kappa shape index (κ2) is 5.59. The highest BCUT2D eigenvalue weighted by Crippen LogP contribution is 2.20. The minimum absolute atomic E-state index is 0.105. The lowest BCUT2D eigenvalue weighted by molar-refractivity contribution is -0.120. The summed E-state index contributed by atoms with van der Waals surface area (Å²) in [7, 11) is 0. The quantitative estimate of drug-likeness (QED) is 0.799. The van der Waals surface area contributed by atoms with E-state index < -0.39 is 0 Å². The predicted octanol–water partition coefficient (Wildman–Crippen LogP) is -0.155. The molecule has 1 saturated heterocycles. The fourth-order valence-electron chi connectivity index (χ4n) is 2.25. The number of amides is 1. The number of piperidine rings is 1. The van der Waals surface area contributed by atoms with Gasteiger partial charge in [-0.2, -0.15) is 5.21 Å². The fourth-order valence-corrected chi connectivity index (χ4v) is 2.25. The second-order valence-corrected chi connectivity index (χ2v) is 4.56. The van der Waals surface area contributed by atoms with Gasteiger partial charge in [-0.15, -0.1) is 5.10 Å². The van der Waals surface area contributed by atoms with Gasteiger partial charge in [0.1, 0.15) is 0 Å². The van der Waals surface area contributed by atoms with E-state index in [4.69, 9.17) is 0 Å². The number of aromatic nitrogens is 6. The zero-order chi connectivity index (χ0) is 13.8. The Morgan fingerprint density at radius 2 is 2.25 bits per heavy atom. The van der Waals surface area contributed by atoms with Crippen molar-refractivity contribution >= 4 is 17.8 Å². The molecule has 20 heavy (non-hydrogen) atoms. The molecule has 1 aliphatic heterocycles. The lowest BCUT2D eigenvalue weighted by atomic mass is 9.97. The summed E-state index contributed by atoms with van der Waals surface area (Å²) >= 11 is 0. The van der Waals surface area contributed by atoms with Gasteiger partial charge in [0.05, 0.1) is 5.92 Å². The van der Waals surface area contributed by atoms with Crippen molar-refractivity contribution < 1.29 is 4.79 Å². The van der Waals surface area contributed by atoms with Crippen LogP contribution in [0.4, 0.5) is 11.9 Å². The Morgan fingerprint density at radius 1 is 1.40 bits per heavy atom. The van der Waals surface area contributed by atoms with E-state index >= 15 is 0 Å². The number of nitrogens with one attached hydrogen (secondary N) is 2. The van der Waals surface area contributed by atoms with Crippen molar-refractivity contribution in [3.63, 3.8) is 0 Å². The van der Waals surface area contributed by atoms with E-state index in [1.165, 1.54) is 0 Å². The van der Waals surface area contributed by atoms with E-state index in [2.05, 4.69) is 35.9 Å². The molecule has 1 aliphatic rings. The van der Waals surface area contributed by atoms with Crippen LogP contribution < -0.4 is 10.2 Å². The number of anilines is 2. The van der Waals surface area contributed by atoms with Crippen LogP contribution in [0.5, 0.6) is 0 Å². The molecule has 2 aromatic rings. The van der Waals surface area contributed by atoms with Crippen LogP contribution in [0.25, 0.3) is 0 Å². The van der Waals surface area contributed by atoms with Crippen LogP contribution in [-0.4, -0.2) is 49.6 Å². The van der Waals surface area contributed by atoms with Crippen molar-refractivity contribution in [2.45, 2.75) is 12.8 Å². The summed E-state index contributed by atoms with van der Waals surface area (Å²) in [6.45, 7) is 1.45. The van der Waals surface area contributed by atoms with Crippen molar-refractivity contribution in [2.24, 2.45) is 5.92 Å². The maximum Gasteiger partial charge on any atom is 0.269 e. The normalized spacial score (nSPS) is 18.8. The van der Waals surface area contributed by atoms with Crippen LogP contribution in [0.2, 0.25) is 0 Å². The molecular formula is C11H14N8O. The maximum absolute atomic E-state index is 12.1. The summed E-state index contributed by atoms with van der Waals surface area (Å²) in [6, 6.07) is 1.77. The Morgan fingerprint density at radius 3 is 3.00 bits per heavy atom. The smallest absolute Gasteiger partial charge is 0.269 e. The average Bonchev–Trinajstić information content (AvgIpc) is 3.01. The molecule has 1 amide bonds. The third-order valence-electron chi connectivity index (χ3n) is 3.21. The molecule has 9 heteroatoms. The Balaban J connectivity index is 1.64. The molecule has 1 unspecified atom stereocenters. The molecule has 2 aromatic heterocycles. The van der Waals surface area contributed by atoms with Gasteiger partial charge in [-0.3, -0.25) is 10.1 Å². The van der Waals surface area contributed by atoms with E-state index in [0.717, 1.165) is 19.4 Å². The van der Waals surface area contributed by atoms with Gasteiger partial charge in [0.25, 0.3) is 5.95 Å². The molecule has 1 atom stereocenters. The molecule has 1 fully saturated rings.